The summed E-state index contributed by atoms with van der Waals surface area (Å²) in [6, 6.07) is 10.3. The number of benzene rings is 1. The molecule has 1 amide bonds. The number of hydrogen-bond acceptors (Lipinski definition) is 3. The molecule has 0 aliphatic rings. The van der Waals surface area contributed by atoms with Gasteiger partial charge in [0.05, 0.1) is 0 Å². The van der Waals surface area contributed by atoms with Crippen molar-refractivity contribution >= 4 is 28.1 Å². The van der Waals surface area contributed by atoms with Crippen LogP contribution in [0, 0.1) is 0 Å². The van der Waals surface area contributed by atoms with E-state index in [1.54, 1.807) is 18.4 Å². The molecule has 3 rings (SSSR count). The van der Waals surface area contributed by atoms with Gasteiger partial charge in [-0.25, -0.2) is 0 Å². The summed E-state index contributed by atoms with van der Waals surface area (Å²) in [5, 5.41) is 8.37. The fourth-order valence-corrected chi connectivity index (χ4v) is 3.68. The largest absolute Gasteiger partial charge is 0.385 e. The maximum Gasteiger partial charge on any atom is 0.220 e. The van der Waals surface area contributed by atoms with E-state index in [1.165, 1.54) is 16.5 Å². The number of carbonyl (C=O) groups is 1. The minimum atomic E-state index is 0.0647. The van der Waals surface area contributed by atoms with Crippen LogP contribution in [0.15, 0.2) is 47.3 Å². The topological polar surface area (TPSA) is 54.1 Å². The molecule has 0 bridgehead atoms. The van der Waals surface area contributed by atoms with Gasteiger partial charge in [-0.2, -0.15) is 11.3 Å². The molecule has 2 N–H and O–H groups in total. The summed E-state index contributed by atoms with van der Waals surface area (Å²) in [4.78, 5) is 15.7. The first-order valence-electron chi connectivity index (χ1n) is 8.13. The SMILES string of the molecule is COCCCNC(=O)CC(c1ccsc1)c1c[nH]c2ccccc12. The highest BCUT2D eigenvalue weighted by atomic mass is 32.1. The highest BCUT2D eigenvalue weighted by molar-refractivity contribution is 7.08. The third-order valence-electron chi connectivity index (χ3n) is 4.18. The van der Waals surface area contributed by atoms with Gasteiger partial charge < -0.3 is 15.0 Å². The van der Waals surface area contributed by atoms with Crippen molar-refractivity contribution < 1.29 is 9.53 Å². The van der Waals surface area contributed by atoms with E-state index in [9.17, 15) is 4.79 Å². The summed E-state index contributed by atoms with van der Waals surface area (Å²) < 4.78 is 5.02. The van der Waals surface area contributed by atoms with Crippen LogP contribution in [0.4, 0.5) is 0 Å². The van der Waals surface area contributed by atoms with E-state index in [4.69, 9.17) is 4.74 Å². The number of para-hydroxylation sites is 1. The van der Waals surface area contributed by atoms with Crippen molar-refractivity contribution in [1.82, 2.24) is 10.3 Å². The lowest BCUT2D eigenvalue weighted by Crippen LogP contribution is -2.26. The Morgan fingerprint density at radius 1 is 1.33 bits per heavy atom. The van der Waals surface area contributed by atoms with E-state index in [1.807, 2.05) is 18.3 Å². The number of fused-ring (bicyclic) bond motifs is 1. The summed E-state index contributed by atoms with van der Waals surface area (Å²) in [6.45, 7) is 1.31. The molecule has 1 aromatic carbocycles. The zero-order valence-electron chi connectivity index (χ0n) is 13.7. The average molecular weight is 342 g/mol. The monoisotopic (exact) mass is 342 g/mol. The summed E-state index contributed by atoms with van der Waals surface area (Å²) >= 11 is 1.66. The Morgan fingerprint density at radius 2 is 2.21 bits per heavy atom. The summed E-state index contributed by atoms with van der Waals surface area (Å²) in [6.07, 6.45) is 3.31. The fourth-order valence-electron chi connectivity index (χ4n) is 2.96. The highest BCUT2D eigenvalue weighted by Crippen LogP contribution is 2.34. The van der Waals surface area contributed by atoms with Gasteiger partial charge in [0.1, 0.15) is 0 Å². The first kappa shape index (κ1) is 16.7. The van der Waals surface area contributed by atoms with Gasteiger partial charge in [-0.3, -0.25) is 4.79 Å². The van der Waals surface area contributed by atoms with E-state index in [0.717, 1.165) is 11.9 Å². The van der Waals surface area contributed by atoms with Gasteiger partial charge in [-0.15, -0.1) is 0 Å². The number of rotatable bonds is 8. The van der Waals surface area contributed by atoms with E-state index >= 15 is 0 Å². The molecule has 0 saturated carbocycles. The lowest BCUT2D eigenvalue weighted by Gasteiger charge is -2.15. The Balaban J connectivity index is 1.79. The fraction of sp³-hybridized carbons (Fsp3) is 0.316. The highest BCUT2D eigenvalue weighted by Gasteiger charge is 2.21. The molecule has 4 nitrogen and oxygen atoms in total. The number of aromatic nitrogens is 1. The van der Waals surface area contributed by atoms with Crippen LogP contribution in [0.5, 0.6) is 0 Å². The molecule has 2 heterocycles. The second-order valence-electron chi connectivity index (χ2n) is 5.80. The van der Waals surface area contributed by atoms with Crippen molar-refractivity contribution in [1.29, 1.82) is 0 Å². The number of aromatic amines is 1. The number of amides is 1. The predicted octanol–water partition coefficient (Wildman–Crippen LogP) is 3.90. The molecular formula is C19H22N2O2S. The lowest BCUT2D eigenvalue weighted by atomic mass is 9.89. The zero-order chi connectivity index (χ0) is 16.8. The molecule has 0 saturated heterocycles. The van der Waals surface area contributed by atoms with Crippen LogP contribution in [0.3, 0.4) is 0 Å². The Bertz CT molecular complexity index is 780. The van der Waals surface area contributed by atoms with Gasteiger partial charge in [0, 0.05) is 49.7 Å². The van der Waals surface area contributed by atoms with Crippen molar-refractivity contribution in [2.24, 2.45) is 0 Å². The Labute approximate surface area is 145 Å². The number of methoxy groups -OCH3 is 1. The van der Waals surface area contributed by atoms with E-state index in [0.29, 0.717) is 19.6 Å². The normalized spacial score (nSPS) is 12.4. The third-order valence-corrected chi connectivity index (χ3v) is 4.88. The van der Waals surface area contributed by atoms with Gasteiger partial charge in [-0.05, 0) is 40.4 Å². The van der Waals surface area contributed by atoms with Crippen LogP contribution in [0.2, 0.25) is 0 Å². The average Bonchev–Trinajstić information content (AvgIpc) is 3.26. The smallest absolute Gasteiger partial charge is 0.220 e. The number of carbonyl (C=O) groups excluding carboxylic acids is 1. The van der Waals surface area contributed by atoms with Crippen LogP contribution < -0.4 is 5.32 Å². The van der Waals surface area contributed by atoms with Gasteiger partial charge in [-0.1, -0.05) is 18.2 Å². The van der Waals surface area contributed by atoms with Crippen molar-refractivity contribution in [2.75, 3.05) is 20.3 Å². The number of ether oxygens (including phenoxy) is 1. The van der Waals surface area contributed by atoms with E-state index in [2.05, 4.69) is 39.3 Å². The summed E-state index contributed by atoms with van der Waals surface area (Å²) in [5.74, 6) is 0.141. The van der Waals surface area contributed by atoms with Crippen LogP contribution in [-0.2, 0) is 9.53 Å². The van der Waals surface area contributed by atoms with Crippen molar-refractivity contribution in [3.63, 3.8) is 0 Å². The Hall–Kier alpha value is -2.11. The Morgan fingerprint density at radius 3 is 3.00 bits per heavy atom. The minimum Gasteiger partial charge on any atom is -0.385 e. The number of H-pyrrole nitrogens is 1. The molecule has 5 heteroatoms. The molecule has 3 aromatic rings. The molecule has 0 aliphatic carbocycles. The molecule has 126 valence electrons. The first-order valence-corrected chi connectivity index (χ1v) is 9.07. The molecule has 1 unspecified atom stereocenters. The van der Waals surface area contributed by atoms with Gasteiger partial charge >= 0.3 is 0 Å². The second-order valence-corrected chi connectivity index (χ2v) is 6.58. The Kier molecular flexibility index (Phi) is 5.67. The number of nitrogens with one attached hydrogen (secondary N) is 2. The number of thiophene rings is 1. The first-order chi connectivity index (χ1) is 11.8. The van der Waals surface area contributed by atoms with Gasteiger partial charge in [0.25, 0.3) is 0 Å². The van der Waals surface area contributed by atoms with Crippen LogP contribution in [0.25, 0.3) is 10.9 Å². The van der Waals surface area contributed by atoms with Gasteiger partial charge in [0.2, 0.25) is 5.91 Å². The molecular weight excluding hydrogens is 320 g/mol. The molecule has 1 atom stereocenters. The summed E-state index contributed by atoms with van der Waals surface area (Å²) in [5.41, 5.74) is 3.47. The van der Waals surface area contributed by atoms with Crippen molar-refractivity contribution in [3.05, 3.63) is 58.4 Å². The maximum absolute atomic E-state index is 12.4. The molecule has 0 radical (unpaired) electrons. The second kappa shape index (κ2) is 8.13. The van der Waals surface area contributed by atoms with Crippen LogP contribution in [0.1, 0.15) is 29.9 Å². The van der Waals surface area contributed by atoms with Crippen LogP contribution >= 0.6 is 11.3 Å². The predicted molar refractivity (Wildman–Crippen MR) is 98.6 cm³/mol. The molecule has 0 spiro atoms. The van der Waals surface area contributed by atoms with Gasteiger partial charge in [0.15, 0.2) is 0 Å². The molecule has 24 heavy (non-hydrogen) atoms. The van der Waals surface area contributed by atoms with Crippen molar-refractivity contribution in [3.8, 4) is 0 Å². The number of hydrogen-bond donors (Lipinski definition) is 2. The molecule has 2 aromatic heterocycles. The van der Waals surface area contributed by atoms with E-state index in [-0.39, 0.29) is 11.8 Å². The lowest BCUT2D eigenvalue weighted by molar-refractivity contribution is -0.121. The van der Waals surface area contributed by atoms with E-state index < -0.39 is 0 Å². The molecule has 0 fully saturated rings. The standard InChI is InChI=1S/C19H22N2O2S/c1-23-9-4-8-20-19(22)11-16(14-7-10-24-13-14)17-12-21-18-6-3-2-5-15(17)18/h2-3,5-7,10,12-13,16,21H,4,8-9,11H2,1H3,(H,20,22). The zero-order valence-corrected chi connectivity index (χ0v) is 14.6. The third kappa shape index (κ3) is 3.86. The quantitative estimate of drug-likeness (QED) is 0.610. The minimum absolute atomic E-state index is 0.0647. The van der Waals surface area contributed by atoms with Crippen LogP contribution in [-0.4, -0.2) is 31.2 Å². The summed E-state index contributed by atoms with van der Waals surface area (Å²) in [7, 11) is 1.67. The molecule has 0 aliphatic heterocycles. The van der Waals surface area contributed by atoms with Crippen molar-refractivity contribution in [2.45, 2.75) is 18.8 Å². The maximum atomic E-state index is 12.4.